The van der Waals surface area contributed by atoms with Crippen molar-refractivity contribution in [2.75, 3.05) is 38.2 Å². The van der Waals surface area contributed by atoms with Crippen LogP contribution in [0.3, 0.4) is 0 Å². The number of piperazine rings is 1. The van der Waals surface area contributed by atoms with Crippen LogP contribution in [0.4, 0.5) is 10.1 Å². The Morgan fingerprint density at radius 1 is 1.15 bits per heavy atom. The number of hydrogen-bond donors (Lipinski definition) is 0. The molecule has 0 N–H and O–H groups in total. The van der Waals surface area contributed by atoms with Crippen molar-refractivity contribution in [3.05, 3.63) is 58.4 Å². The van der Waals surface area contributed by atoms with Crippen molar-refractivity contribution in [3.8, 4) is 5.75 Å². The van der Waals surface area contributed by atoms with Gasteiger partial charge in [-0.25, -0.2) is 4.39 Å². The number of ketones is 1. The number of Topliss-reactive ketones (excluding diaryl/α,β-unsaturated/α-hetero) is 1. The maximum atomic E-state index is 14.3. The van der Waals surface area contributed by atoms with Crippen LogP contribution in [0, 0.1) is 5.82 Å². The largest absolute Gasteiger partial charge is 0.496 e. The first-order valence-corrected chi connectivity index (χ1v) is 8.96. The van der Waals surface area contributed by atoms with Gasteiger partial charge in [0.15, 0.2) is 5.78 Å². The predicted molar refractivity (Wildman–Crippen MR) is 102 cm³/mol. The summed E-state index contributed by atoms with van der Waals surface area (Å²) in [5.74, 6) is 0.348. The summed E-state index contributed by atoms with van der Waals surface area (Å²) in [7, 11) is 1.65. The number of nitrogens with zero attached hydrogens (tertiary/aromatic N) is 2. The second kappa shape index (κ2) is 8.06. The van der Waals surface area contributed by atoms with Crippen molar-refractivity contribution in [1.29, 1.82) is 0 Å². The molecule has 1 fully saturated rings. The minimum atomic E-state index is -0.345. The summed E-state index contributed by atoms with van der Waals surface area (Å²) in [6.45, 7) is 5.24. The van der Waals surface area contributed by atoms with Crippen molar-refractivity contribution in [2.45, 2.75) is 13.5 Å². The van der Waals surface area contributed by atoms with Crippen molar-refractivity contribution in [3.63, 3.8) is 0 Å². The third-order valence-corrected chi connectivity index (χ3v) is 4.94. The number of rotatable bonds is 5. The first-order chi connectivity index (χ1) is 12.5. The maximum Gasteiger partial charge on any atom is 0.159 e. The monoisotopic (exact) mass is 376 g/mol. The number of carbonyl (C=O) groups excluding carboxylic acids is 1. The lowest BCUT2D eigenvalue weighted by molar-refractivity contribution is 0.101. The topological polar surface area (TPSA) is 32.8 Å². The van der Waals surface area contributed by atoms with Crippen LogP contribution in [0.5, 0.6) is 5.75 Å². The number of benzene rings is 2. The van der Waals surface area contributed by atoms with Gasteiger partial charge >= 0.3 is 0 Å². The Balaban J connectivity index is 1.65. The molecule has 1 aliphatic heterocycles. The summed E-state index contributed by atoms with van der Waals surface area (Å²) in [5, 5.41) is 0.687. The first-order valence-electron chi connectivity index (χ1n) is 8.58. The van der Waals surface area contributed by atoms with Crippen LogP contribution in [-0.4, -0.2) is 44.0 Å². The molecule has 0 unspecified atom stereocenters. The van der Waals surface area contributed by atoms with Crippen LogP contribution >= 0.6 is 11.6 Å². The van der Waals surface area contributed by atoms with Crippen LogP contribution < -0.4 is 9.64 Å². The van der Waals surface area contributed by atoms with Crippen LogP contribution in [-0.2, 0) is 6.54 Å². The molecule has 0 spiro atoms. The Hall–Kier alpha value is -2.11. The van der Waals surface area contributed by atoms with Crippen molar-refractivity contribution in [1.82, 2.24) is 4.90 Å². The molecule has 0 atom stereocenters. The van der Waals surface area contributed by atoms with E-state index in [-0.39, 0.29) is 11.6 Å². The van der Waals surface area contributed by atoms with Crippen LogP contribution in [0.2, 0.25) is 5.02 Å². The highest BCUT2D eigenvalue weighted by atomic mass is 35.5. The third kappa shape index (κ3) is 4.17. The second-order valence-corrected chi connectivity index (χ2v) is 6.88. The Morgan fingerprint density at radius 3 is 2.50 bits per heavy atom. The lowest BCUT2D eigenvalue weighted by Crippen LogP contribution is -2.46. The summed E-state index contributed by atoms with van der Waals surface area (Å²) < 4.78 is 19.7. The molecule has 0 aromatic heterocycles. The summed E-state index contributed by atoms with van der Waals surface area (Å²) in [4.78, 5) is 15.7. The van der Waals surface area contributed by atoms with Crippen molar-refractivity contribution >= 4 is 23.1 Å². The number of ether oxygens (including phenoxy) is 1. The Bertz CT molecular complexity index is 804. The summed E-state index contributed by atoms with van der Waals surface area (Å²) in [6, 6.07) is 10.3. The zero-order valence-corrected chi connectivity index (χ0v) is 15.7. The molecule has 2 aromatic rings. The molecule has 0 amide bonds. The van der Waals surface area contributed by atoms with Crippen LogP contribution in [0.1, 0.15) is 22.8 Å². The van der Waals surface area contributed by atoms with E-state index in [1.807, 2.05) is 23.1 Å². The fraction of sp³-hybridized carbons (Fsp3) is 0.350. The highest BCUT2D eigenvalue weighted by Crippen LogP contribution is 2.26. The van der Waals surface area contributed by atoms with E-state index < -0.39 is 0 Å². The van der Waals surface area contributed by atoms with Gasteiger partial charge in [-0.3, -0.25) is 9.69 Å². The number of hydrogen-bond acceptors (Lipinski definition) is 4. The molecule has 0 aliphatic carbocycles. The molecule has 1 aliphatic rings. The molecule has 4 nitrogen and oxygen atoms in total. The fourth-order valence-corrected chi connectivity index (χ4v) is 3.44. The molecule has 1 heterocycles. The van der Waals surface area contributed by atoms with Crippen molar-refractivity contribution in [2.24, 2.45) is 0 Å². The van der Waals surface area contributed by atoms with Gasteiger partial charge in [-0.05, 0) is 43.3 Å². The molecule has 26 heavy (non-hydrogen) atoms. The lowest BCUT2D eigenvalue weighted by Gasteiger charge is -2.36. The van der Waals surface area contributed by atoms with E-state index in [4.69, 9.17) is 16.3 Å². The van der Waals surface area contributed by atoms with Gasteiger partial charge in [0.1, 0.15) is 11.6 Å². The lowest BCUT2D eigenvalue weighted by atomic mass is 10.1. The zero-order chi connectivity index (χ0) is 18.7. The van der Waals surface area contributed by atoms with E-state index in [0.717, 1.165) is 44.0 Å². The van der Waals surface area contributed by atoms with Gasteiger partial charge in [0.05, 0.1) is 12.8 Å². The maximum absolute atomic E-state index is 14.3. The minimum Gasteiger partial charge on any atom is -0.496 e. The molecule has 2 aromatic carbocycles. The van der Waals surface area contributed by atoms with Gasteiger partial charge in [0.2, 0.25) is 0 Å². The zero-order valence-electron chi connectivity index (χ0n) is 15.0. The van der Waals surface area contributed by atoms with E-state index in [1.165, 1.54) is 13.0 Å². The molecule has 0 bridgehead atoms. The molecule has 6 heteroatoms. The van der Waals surface area contributed by atoms with Gasteiger partial charge in [-0.1, -0.05) is 11.6 Å². The highest BCUT2D eigenvalue weighted by molar-refractivity contribution is 6.30. The number of anilines is 1. The molecule has 0 radical (unpaired) electrons. The van der Waals surface area contributed by atoms with Crippen LogP contribution in [0.25, 0.3) is 0 Å². The first kappa shape index (κ1) is 18.7. The average molecular weight is 377 g/mol. The van der Waals surface area contributed by atoms with Gasteiger partial charge in [0, 0.05) is 48.9 Å². The highest BCUT2D eigenvalue weighted by Gasteiger charge is 2.21. The number of halogens is 2. The average Bonchev–Trinajstić information content (AvgIpc) is 2.62. The van der Waals surface area contributed by atoms with Gasteiger partial charge < -0.3 is 9.64 Å². The Morgan fingerprint density at radius 2 is 1.88 bits per heavy atom. The normalized spacial score (nSPS) is 15.2. The van der Waals surface area contributed by atoms with Gasteiger partial charge in [-0.2, -0.15) is 0 Å². The summed E-state index contributed by atoms with van der Waals surface area (Å²) in [5.41, 5.74) is 2.00. The minimum absolute atomic E-state index is 0.129. The Labute approximate surface area is 158 Å². The van der Waals surface area contributed by atoms with Gasteiger partial charge in [0.25, 0.3) is 0 Å². The van der Waals surface area contributed by atoms with E-state index in [1.54, 1.807) is 19.2 Å². The second-order valence-electron chi connectivity index (χ2n) is 6.44. The fourth-order valence-electron chi connectivity index (χ4n) is 3.24. The molecule has 0 saturated carbocycles. The Kier molecular flexibility index (Phi) is 5.79. The van der Waals surface area contributed by atoms with E-state index in [9.17, 15) is 9.18 Å². The molecule has 138 valence electrons. The van der Waals surface area contributed by atoms with Gasteiger partial charge in [-0.15, -0.1) is 0 Å². The molecular weight excluding hydrogens is 355 g/mol. The number of carbonyl (C=O) groups is 1. The standard InChI is InChI=1S/C20H22ClFN2O2/c1-14(25)15-3-5-19(18(22)12-15)24-9-7-23(8-10-24)13-16-11-17(21)4-6-20(16)26-2/h3-6,11-12H,7-10,13H2,1-2H3. The smallest absolute Gasteiger partial charge is 0.159 e. The quantitative estimate of drug-likeness (QED) is 0.738. The SMILES string of the molecule is COc1ccc(Cl)cc1CN1CCN(c2ccc(C(C)=O)cc2F)CC1. The third-order valence-electron chi connectivity index (χ3n) is 4.70. The summed E-state index contributed by atoms with van der Waals surface area (Å²) >= 11 is 6.10. The predicted octanol–water partition coefficient (Wildman–Crippen LogP) is 4.01. The molecular formula is C20H22ClFN2O2. The number of methoxy groups -OCH3 is 1. The summed E-state index contributed by atoms with van der Waals surface area (Å²) in [6.07, 6.45) is 0. The van der Waals surface area contributed by atoms with Crippen molar-refractivity contribution < 1.29 is 13.9 Å². The van der Waals surface area contributed by atoms with Crippen LogP contribution in [0.15, 0.2) is 36.4 Å². The van der Waals surface area contributed by atoms with E-state index in [2.05, 4.69) is 4.90 Å². The van der Waals surface area contributed by atoms with E-state index >= 15 is 0 Å². The molecule has 1 saturated heterocycles. The van der Waals surface area contributed by atoms with E-state index in [0.29, 0.717) is 16.3 Å². The molecule has 3 rings (SSSR count).